The maximum absolute atomic E-state index is 12.0. The zero-order valence-corrected chi connectivity index (χ0v) is 15.1. The average Bonchev–Trinajstić information content (AvgIpc) is 2.55. The van der Waals surface area contributed by atoms with E-state index in [1.807, 2.05) is 32.0 Å². The van der Waals surface area contributed by atoms with Crippen molar-refractivity contribution in [2.75, 3.05) is 11.9 Å². The van der Waals surface area contributed by atoms with Gasteiger partial charge in [0.15, 0.2) is 12.7 Å². The molecule has 25 heavy (non-hydrogen) atoms. The first-order chi connectivity index (χ1) is 11.8. The van der Waals surface area contributed by atoms with E-state index in [9.17, 15) is 9.59 Å². The molecule has 5 nitrogen and oxygen atoms in total. The molecule has 132 valence electrons. The molecule has 2 aromatic carbocycles. The molecule has 0 bridgehead atoms. The monoisotopic (exact) mass is 361 g/mol. The number of benzene rings is 2. The van der Waals surface area contributed by atoms with Gasteiger partial charge in [-0.1, -0.05) is 23.7 Å². The quantitative estimate of drug-likeness (QED) is 0.792. The second-order valence-corrected chi connectivity index (χ2v) is 6.13. The van der Waals surface area contributed by atoms with Gasteiger partial charge in [0.2, 0.25) is 0 Å². The summed E-state index contributed by atoms with van der Waals surface area (Å²) in [6.07, 6.45) is -0.813. The summed E-state index contributed by atoms with van der Waals surface area (Å²) in [5.41, 5.74) is 2.47. The van der Waals surface area contributed by atoms with Gasteiger partial charge in [-0.15, -0.1) is 0 Å². The minimum absolute atomic E-state index is 0.386. The molecule has 1 amide bonds. The predicted molar refractivity (Wildman–Crippen MR) is 97.0 cm³/mol. The Morgan fingerprint density at radius 1 is 1.16 bits per heavy atom. The highest BCUT2D eigenvalue weighted by Gasteiger charge is 2.18. The largest absolute Gasteiger partial charge is 0.479 e. The third-order valence-electron chi connectivity index (χ3n) is 3.44. The fraction of sp³-hybridized carbons (Fsp3) is 0.263. The second kappa shape index (κ2) is 8.53. The number of hydrogen-bond acceptors (Lipinski definition) is 4. The highest BCUT2D eigenvalue weighted by atomic mass is 35.5. The molecule has 0 heterocycles. The molecule has 1 atom stereocenters. The van der Waals surface area contributed by atoms with E-state index in [0.29, 0.717) is 16.5 Å². The van der Waals surface area contributed by atoms with Crippen LogP contribution >= 0.6 is 11.6 Å². The molecule has 0 aromatic heterocycles. The summed E-state index contributed by atoms with van der Waals surface area (Å²) >= 11 is 5.87. The van der Waals surface area contributed by atoms with Crippen molar-refractivity contribution in [3.8, 4) is 5.75 Å². The Bertz CT molecular complexity index is 776. The van der Waals surface area contributed by atoms with E-state index in [1.54, 1.807) is 31.2 Å². The fourth-order valence-corrected chi connectivity index (χ4v) is 2.38. The van der Waals surface area contributed by atoms with Crippen molar-refractivity contribution >= 4 is 29.2 Å². The summed E-state index contributed by atoms with van der Waals surface area (Å²) in [6.45, 7) is 4.94. The topological polar surface area (TPSA) is 64.6 Å². The van der Waals surface area contributed by atoms with Crippen LogP contribution in [0.15, 0.2) is 42.5 Å². The van der Waals surface area contributed by atoms with Crippen molar-refractivity contribution in [1.29, 1.82) is 0 Å². The number of nitrogens with one attached hydrogen (secondary N) is 1. The molecule has 2 aromatic rings. The van der Waals surface area contributed by atoms with Crippen LogP contribution < -0.4 is 10.1 Å². The lowest BCUT2D eigenvalue weighted by molar-refractivity contribution is -0.153. The molecular formula is C19H20ClNO4. The van der Waals surface area contributed by atoms with Gasteiger partial charge in [-0.05, 0) is 62.2 Å². The average molecular weight is 362 g/mol. The molecule has 0 saturated carbocycles. The Hall–Kier alpha value is -2.53. The number of carbonyl (C=O) groups is 2. The highest BCUT2D eigenvalue weighted by Crippen LogP contribution is 2.19. The summed E-state index contributed by atoms with van der Waals surface area (Å²) in [7, 11) is 0. The van der Waals surface area contributed by atoms with Crippen LogP contribution in [0.4, 0.5) is 5.69 Å². The van der Waals surface area contributed by atoms with Gasteiger partial charge in [-0.2, -0.15) is 0 Å². The van der Waals surface area contributed by atoms with Gasteiger partial charge in [0.25, 0.3) is 5.91 Å². The highest BCUT2D eigenvalue weighted by molar-refractivity contribution is 6.30. The number of aryl methyl sites for hydroxylation is 2. The number of amides is 1. The van der Waals surface area contributed by atoms with Crippen molar-refractivity contribution in [2.45, 2.75) is 26.9 Å². The Morgan fingerprint density at radius 3 is 2.60 bits per heavy atom. The summed E-state index contributed by atoms with van der Waals surface area (Å²) in [5, 5.41) is 3.26. The molecule has 0 radical (unpaired) electrons. The van der Waals surface area contributed by atoms with Gasteiger partial charge in [0, 0.05) is 10.7 Å². The molecule has 0 aliphatic heterocycles. The molecular weight excluding hydrogens is 342 g/mol. The zero-order chi connectivity index (χ0) is 18.4. The predicted octanol–water partition coefficient (Wildman–Crippen LogP) is 3.91. The van der Waals surface area contributed by atoms with Crippen LogP contribution in [0.25, 0.3) is 0 Å². The lowest BCUT2D eigenvalue weighted by Gasteiger charge is -2.14. The Kier molecular flexibility index (Phi) is 6.42. The normalized spacial score (nSPS) is 11.5. The Morgan fingerprint density at radius 2 is 1.92 bits per heavy atom. The van der Waals surface area contributed by atoms with E-state index < -0.39 is 18.0 Å². The van der Waals surface area contributed by atoms with E-state index in [-0.39, 0.29) is 6.61 Å². The van der Waals surface area contributed by atoms with Crippen molar-refractivity contribution in [2.24, 2.45) is 0 Å². The van der Waals surface area contributed by atoms with Crippen molar-refractivity contribution in [3.05, 3.63) is 58.6 Å². The molecule has 0 aliphatic rings. The van der Waals surface area contributed by atoms with Crippen LogP contribution in [0.5, 0.6) is 5.75 Å². The number of halogens is 1. The molecule has 6 heteroatoms. The number of carbonyl (C=O) groups excluding carboxylic acids is 2. The van der Waals surface area contributed by atoms with Crippen molar-refractivity contribution in [3.63, 3.8) is 0 Å². The third-order valence-corrected chi connectivity index (χ3v) is 3.68. The lowest BCUT2D eigenvalue weighted by Crippen LogP contribution is -2.29. The Balaban J connectivity index is 1.83. The number of esters is 1. The standard InChI is InChI=1S/C19H20ClNO4/c1-12-5-4-6-16(9-12)25-14(3)19(23)24-11-18(22)21-17-8-7-15(20)10-13(17)2/h4-10,14H,11H2,1-3H3,(H,21,22)/t14-/m0/s1. The molecule has 2 rings (SSSR count). The van der Waals surface area contributed by atoms with Crippen LogP contribution in [0.1, 0.15) is 18.1 Å². The minimum atomic E-state index is -0.813. The number of rotatable bonds is 6. The first-order valence-electron chi connectivity index (χ1n) is 7.81. The van der Waals surface area contributed by atoms with E-state index in [1.165, 1.54) is 0 Å². The number of hydrogen-bond donors (Lipinski definition) is 1. The van der Waals surface area contributed by atoms with Crippen LogP contribution in [0.3, 0.4) is 0 Å². The minimum Gasteiger partial charge on any atom is -0.479 e. The van der Waals surface area contributed by atoms with Gasteiger partial charge < -0.3 is 14.8 Å². The summed E-state index contributed by atoms with van der Waals surface area (Å²) < 4.78 is 10.5. The van der Waals surface area contributed by atoms with Crippen molar-refractivity contribution in [1.82, 2.24) is 0 Å². The van der Waals surface area contributed by atoms with E-state index in [0.717, 1.165) is 11.1 Å². The maximum Gasteiger partial charge on any atom is 0.347 e. The maximum atomic E-state index is 12.0. The molecule has 0 fully saturated rings. The lowest BCUT2D eigenvalue weighted by atomic mass is 10.2. The zero-order valence-electron chi connectivity index (χ0n) is 14.3. The molecule has 1 N–H and O–H groups in total. The Labute approximate surface area is 151 Å². The SMILES string of the molecule is Cc1cccc(O[C@@H](C)C(=O)OCC(=O)Nc2ccc(Cl)cc2C)c1. The fourth-order valence-electron chi connectivity index (χ4n) is 2.15. The van der Waals surface area contributed by atoms with Gasteiger partial charge in [0.05, 0.1) is 0 Å². The summed E-state index contributed by atoms with van der Waals surface area (Å²) in [6, 6.07) is 12.5. The second-order valence-electron chi connectivity index (χ2n) is 5.69. The molecule has 0 saturated heterocycles. The third kappa shape index (κ3) is 5.80. The van der Waals surface area contributed by atoms with Crippen LogP contribution in [0, 0.1) is 13.8 Å². The van der Waals surface area contributed by atoms with E-state index in [4.69, 9.17) is 21.1 Å². The van der Waals surface area contributed by atoms with Gasteiger partial charge in [0.1, 0.15) is 5.75 Å². The summed E-state index contributed by atoms with van der Waals surface area (Å²) in [5.74, 6) is -0.461. The van der Waals surface area contributed by atoms with Gasteiger partial charge >= 0.3 is 5.97 Å². The number of ether oxygens (including phenoxy) is 2. The first kappa shape index (κ1) is 18.8. The smallest absolute Gasteiger partial charge is 0.347 e. The van der Waals surface area contributed by atoms with Crippen LogP contribution in [-0.4, -0.2) is 24.6 Å². The van der Waals surface area contributed by atoms with E-state index in [2.05, 4.69) is 5.32 Å². The summed E-state index contributed by atoms with van der Waals surface area (Å²) in [4.78, 5) is 23.9. The van der Waals surface area contributed by atoms with Crippen LogP contribution in [0.2, 0.25) is 5.02 Å². The van der Waals surface area contributed by atoms with E-state index >= 15 is 0 Å². The first-order valence-corrected chi connectivity index (χ1v) is 8.19. The van der Waals surface area contributed by atoms with Crippen LogP contribution in [-0.2, 0) is 14.3 Å². The molecule has 0 unspecified atom stereocenters. The van der Waals surface area contributed by atoms with Gasteiger partial charge in [-0.25, -0.2) is 4.79 Å². The molecule has 0 aliphatic carbocycles. The number of anilines is 1. The van der Waals surface area contributed by atoms with Crippen molar-refractivity contribution < 1.29 is 19.1 Å². The van der Waals surface area contributed by atoms with Gasteiger partial charge in [-0.3, -0.25) is 4.79 Å². The molecule has 0 spiro atoms.